The molecule has 1 aliphatic heterocycles. The predicted octanol–water partition coefficient (Wildman–Crippen LogP) is 0.961. The van der Waals surface area contributed by atoms with Gasteiger partial charge in [-0.25, -0.2) is 0 Å². The van der Waals surface area contributed by atoms with Gasteiger partial charge in [-0.05, 0) is 25.2 Å². The van der Waals surface area contributed by atoms with Crippen molar-refractivity contribution in [2.24, 2.45) is 5.92 Å². The van der Waals surface area contributed by atoms with Gasteiger partial charge in [0.25, 0.3) is 0 Å². The lowest BCUT2D eigenvalue weighted by atomic mass is 9.89. The molecule has 1 unspecified atom stereocenters. The number of nitrogens with one attached hydrogen (secondary N) is 2. The predicted molar refractivity (Wildman–Crippen MR) is 60.7 cm³/mol. The molecular formula is C12H20N2O2. The first-order valence-electron chi connectivity index (χ1n) is 6.33. The van der Waals surface area contributed by atoms with Gasteiger partial charge in [-0.15, -0.1) is 0 Å². The molecule has 0 aromatic rings. The third-order valence-electron chi connectivity index (χ3n) is 3.60. The zero-order chi connectivity index (χ0) is 11.4. The van der Waals surface area contributed by atoms with Gasteiger partial charge in [0.2, 0.25) is 11.8 Å². The van der Waals surface area contributed by atoms with E-state index in [0.29, 0.717) is 18.8 Å². The van der Waals surface area contributed by atoms with E-state index in [1.54, 1.807) is 0 Å². The van der Waals surface area contributed by atoms with Crippen molar-refractivity contribution in [3.63, 3.8) is 0 Å². The molecule has 2 rings (SSSR count). The monoisotopic (exact) mass is 224 g/mol. The van der Waals surface area contributed by atoms with Crippen LogP contribution < -0.4 is 10.6 Å². The highest BCUT2D eigenvalue weighted by Crippen LogP contribution is 2.22. The van der Waals surface area contributed by atoms with E-state index in [9.17, 15) is 9.59 Å². The molecule has 1 saturated heterocycles. The van der Waals surface area contributed by atoms with Crippen molar-refractivity contribution >= 4 is 11.8 Å². The van der Waals surface area contributed by atoms with E-state index in [4.69, 9.17) is 0 Å². The quantitative estimate of drug-likeness (QED) is 0.750. The first-order chi connectivity index (χ1) is 7.75. The maximum absolute atomic E-state index is 11.7. The van der Waals surface area contributed by atoms with Crippen LogP contribution in [-0.4, -0.2) is 24.4 Å². The maximum Gasteiger partial charge on any atom is 0.242 e. The molecular weight excluding hydrogens is 204 g/mol. The summed E-state index contributed by atoms with van der Waals surface area (Å²) in [5.41, 5.74) is 0. The SMILES string of the molecule is O=C1CCC(C(=O)NCC2CCCCC2)N1. The molecule has 1 aliphatic carbocycles. The number of amides is 2. The minimum absolute atomic E-state index is 0.00202. The molecule has 2 aliphatic rings. The first-order valence-corrected chi connectivity index (χ1v) is 6.33. The Kier molecular flexibility index (Phi) is 3.80. The average molecular weight is 224 g/mol. The first kappa shape index (κ1) is 11.4. The highest BCUT2D eigenvalue weighted by Gasteiger charge is 2.27. The van der Waals surface area contributed by atoms with Crippen LogP contribution in [0.5, 0.6) is 0 Å². The Morgan fingerprint density at radius 3 is 2.62 bits per heavy atom. The normalized spacial score (nSPS) is 26.5. The molecule has 1 atom stereocenters. The van der Waals surface area contributed by atoms with E-state index in [1.807, 2.05) is 0 Å². The smallest absolute Gasteiger partial charge is 0.242 e. The molecule has 0 aromatic carbocycles. The fourth-order valence-electron chi connectivity index (χ4n) is 2.57. The number of carbonyl (C=O) groups is 2. The third-order valence-corrected chi connectivity index (χ3v) is 3.60. The molecule has 1 saturated carbocycles. The second-order valence-corrected chi connectivity index (χ2v) is 4.91. The van der Waals surface area contributed by atoms with Crippen LogP contribution in [0.25, 0.3) is 0 Å². The summed E-state index contributed by atoms with van der Waals surface area (Å²) in [4.78, 5) is 22.7. The summed E-state index contributed by atoms with van der Waals surface area (Å²) in [5.74, 6) is 0.643. The molecule has 90 valence electrons. The number of carbonyl (C=O) groups excluding carboxylic acids is 2. The molecule has 2 fully saturated rings. The van der Waals surface area contributed by atoms with Crippen LogP contribution >= 0.6 is 0 Å². The van der Waals surface area contributed by atoms with E-state index in [1.165, 1.54) is 32.1 Å². The van der Waals surface area contributed by atoms with E-state index < -0.39 is 0 Å². The molecule has 2 amide bonds. The van der Waals surface area contributed by atoms with Crippen LogP contribution in [0.4, 0.5) is 0 Å². The van der Waals surface area contributed by atoms with E-state index >= 15 is 0 Å². The van der Waals surface area contributed by atoms with Crippen molar-refractivity contribution in [2.75, 3.05) is 6.54 Å². The fourth-order valence-corrected chi connectivity index (χ4v) is 2.57. The maximum atomic E-state index is 11.7. The summed E-state index contributed by atoms with van der Waals surface area (Å²) in [7, 11) is 0. The molecule has 0 aromatic heterocycles. The van der Waals surface area contributed by atoms with Gasteiger partial charge in [0, 0.05) is 13.0 Å². The lowest BCUT2D eigenvalue weighted by molar-refractivity contribution is -0.125. The van der Waals surface area contributed by atoms with Crippen molar-refractivity contribution in [3.8, 4) is 0 Å². The standard InChI is InChI=1S/C12H20N2O2/c15-11-7-6-10(14-11)12(16)13-8-9-4-2-1-3-5-9/h9-10H,1-8H2,(H,13,16)(H,14,15). The number of hydrogen-bond acceptors (Lipinski definition) is 2. The Bertz CT molecular complexity index is 272. The largest absolute Gasteiger partial charge is 0.354 e. The summed E-state index contributed by atoms with van der Waals surface area (Å²) in [6.07, 6.45) is 7.52. The fraction of sp³-hybridized carbons (Fsp3) is 0.833. The summed E-state index contributed by atoms with van der Waals surface area (Å²) >= 11 is 0. The van der Waals surface area contributed by atoms with Crippen LogP contribution in [0, 0.1) is 5.92 Å². The Morgan fingerprint density at radius 2 is 2.00 bits per heavy atom. The van der Waals surface area contributed by atoms with Gasteiger partial charge in [-0.1, -0.05) is 19.3 Å². The zero-order valence-corrected chi connectivity index (χ0v) is 9.63. The average Bonchev–Trinajstić information content (AvgIpc) is 2.74. The zero-order valence-electron chi connectivity index (χ0n) is 9.63. The number of rotatable bonds is 3. The van der Waals surface area contributed by atoms with Crippen LogP contribution in [-0.2, 0) is 9.59 Å². The highest BCUT2D eigenvalue weighted by molar-refractivity contribution is 5.90. The van der Waals surface area contributed by atoms with Crippen molar-refractivity contribution in [1.82, 2.24) is 10.6 Å². The Morgan fingerprint density at radius 1 is 1.25 bits per heavy atom. The van der Waals surface area contributed by atoms with Crippen molar-refractivity contribution < 1.29 is 9.59 Å². The van der Waals surface area contributed by atoms with Gasteiger partial charge >= 0.3 is 0 Å². The molecule has 4 nitrogen and oxygen atoms in total. The van der Waals surface area contributed by atoms with Crippen molar-refractivity contribution in [1.29, 1.82) is 0 Å². The van der Waals surface area contributed by atoms with E-state index in [-0.39, 0.29) is 17.9 Å². The second kappa shape index (κ2) is 5.32. The molecule has 0 spiro atoms. The van der Waals surface area contributed by atoms with Gasteiger partial charge in [-0.3, -0.25) is 9.59 Å². The molecule has 4 heteroatoms. The molecule has 0 radical (unpaired) electrons. The molecule has 2 N–H and O–H groups in total. The van der Waals surface area contributed by atoms with E-state index in [0.717, 1.165) is 6.54 Å². The van der Waals surface area contributed by atoms with Crippen LogP contribution in [0.2, 0.25) is 0 Å². The van der Waals surface area contributed by atoms with Gasteiger partial charge in [0.05, 0.1) is 0 Å². The number of hydrogen-bond donors (Lipinski definition) is 2. The van der Waals surface area contributed by atoms with Gasteiger partial charge in [0.1, 0.15) is 6.04 Å². The van der Waals surface area contributed by atoms with Gasteiger partial charge in [0.15, 0.2) is 0 Å². The van der Waals surface area contributed by atoms with Crippen LogP contribution in [0.3, 0.4) is 0 Å². The Labute approximate surface area is 96.2 Å². The summed E-state index contributed by atoms with van der Waals surface area (Å²) < 4.78 is 0. The summed E-state index contributed by atoms with van der Waals surface area (Å²) in [6, 6.07) is -0.281. The lowest BCUT2D eigenvalue weighted by Crippen LogP contribution is -2.43. The lowest BCUT2D eigenvalue weighted by Gasteiger charge is -2.22. The van der Waals surface area contributed by atoms with Crippen molar-refractivity contribution in [2.45, 2.75) is 51.0 Å². The summed E-state index contributed by atoms with van der Waals surface area (Å²) in [6.45, 7) is 0.783. The Balaban J connectivity index is 1.68. The third kappa shape index (κ3) is 2.97. The topological polar surface area (TPSA) is 58.2 Å². The Hall–Kier alpha value is -1.06. The van der Waals surface area contributed by atoms with Gasteiger partial charge in [-0.2, -0.15) is 0 Å². The van der Waals surface area contributed by atoms with Crippen LogP contribution in [0.1, 0.15) is 44.9 Å². The molecule has 1 heterocycles. The van der Waals surface area contributed by atoms with Crippen LogP contribution in [0.15, 0.2) is 0 Å². The second-order valence-electron chi connectivity index (χ2n) is 4.91. The summed E-state index contributed by atoms with van der Waals surface area (Å²) in [5, 5.41) is 5.65. The highest BCUT2D eigenvalue weighted by atomic mass is 16.2. The van der Waals surface area contributed by atoms with E-state index in [2.05, 4.69) is 10.6 Å². The molecule has 0 bridgehead atoms. The minimum atomic E-state index is -0.281. The van der Waals surface area contributed by atoms with Gasteiger partial charge < -0.3 is 10.6 Å². The molecule has 16 heavy (non-hydrogen) atoms. The van der Waals surface area contributed by atoms with Crippen molar-refractivity contribution in [3.05, 3.63) is 0 Å². The minimum Gasteiger partial charge on any atom is -0.354 e.